The fraction of sp³-hybridized carbons (Fsp3) is 0.438. The van der Waals surface area contributed by atoms with Gasteiger partial charge in [-0.2, -0.15) is 0 Å². The molecular weight excluding hydrogens is 250 g/mol. The second kappa shape index (κ2) is 4.85. The molecule has 106 valence electrons. The van der Waals surface area contributed by atoms with E-state index in [0.717, 1.165) is 29.7 Å². The van der Waals surface area contributed by atoms with Crippen LogP contribution in [-0.4, -0.2) is 24.0 Å². The molecule has 1 aliphatic rings. The Bertz CT molecular complexity index is 666. The quantitative estimate of drug-likeness (QED) is 0.882. The van der Waals surface area contributed by atoms with E-state index in [1.807, 2.05) is 19.1 Å². The number of hydrogen-bond donors (Lipinski definition) is 2. The summed E-state index contributed by atoms with van der Waals surface area (Å²) in [6.45, 7) is 6.33. The van der Waals surface area contributed by atoms with Crippen LogP contribution in [0.2, 0.25) is 0 Å². The highest BCUT2D eigenvalue weighted by molar-refractivity contribution is 6.10. The van der Waals surface area contributed by atoms with Crippen LogP contribution in [0.3, 0.4) is 0 Å². The summed E-state index contributed by atoms with van der Waals surface area (Å²) in [5.74, 6) is -0.374. The van der Waals surface area contributed by atoms with Gasteiger partial charge in [-0.05, 0) is 50.8 Å². The number of fused-ring (bicyclic) bond motifs is 1. The van der Waals surface area contributed by atoms with Gasteiger partial charge in [0.1, 0.15) is 0 Å². The third-order valence-electron chi connectivity index (χ3n) is 4.40. The molecule has 1 aromatic carbocycles. The van der Waals surface area contributed by atoms with Gasteiger partial charge in [0.25, 0.3) is 5.91 Å². The number of primary amides is 1. The minimum atomic E-state index is -0.374. The van der Waals surface area contributed by atoms with Crippen molar-refractivity contribution >= 4 is 22.5 Å². The summed E-state index contributed by atoms with van der Waals surface area (Å²) in [4.78, 5) is 17.4. The first-order valence-electron chi connectivity index (χ1n) is 7.26. The SMILES string of the molecule is Cc1[nH]c2c(C(N)=O)ccc(N3CCCCC3)c2c1C. The van der Waals surface area contributed by atoms with Gasteiger partial charge < -0.3 is 15.6 Å². The number of hydrogen-bond acceptors (Lipinski definition) is 2. The van der Waals surface area contributed by atoms with Crippen molar-refractivity contribution in [2.75, 3.05) is 18.0 Å². The average molecular weight is 271 g/mol. The topological polar surface area (TPSA) is 62.1 Å². The molecule has 20 heavy (non-hydrogen) atoms. The molecule has 0 atom stereocenters. The second-order valence-electron chi connectivity index (χ2n) is 5.67. The number of carbonyl (C=O) groups is 1. The summed E-state index contributed by atoms with van der Waals surface area (Å²) in [6.07, 6.45) is 3.78. The van der Waals surface area contributed by atoms with Crippen molar-refractivity contribution in [2.45, 2.75) is 33.1 Å². The Hall–Kier alpha value is -1.97. The van der Waals surface area contributed by atoms with Crippen LogP contribution in [0.1, 0.15) is 40.9 Å². The molecule has 1 fully saturated rings. The highest BCUT2D eigenvalue weighted by atomic mass is 16.1. The Morgan fingerprint density at radius 3 is 2.55 bits per heavy atom. The molecule has 0 radical (unpaired) electrons. The number of amides is 1. The number of aromatic amines is 1. The third-order valence-corrected chi connectivity index (χ3v) is 4.40. The predicted molar refractivity (Wildman–Crippen MR) is 82.4 cm³/mol. The van der Waals surface area contributed by atoms with Gasteiger partial charge in [0, 0.05) is 29.9 Å². The number of anilines is 1. The number of aromatic nitrogens is 1. The van der Waals surface area contributed by atoms with Gasteiger partial charge in [-0.15, -0.1) is 0 Å². The first kappa shape index (κ1) is 13.0. The van der Waals surface area contributed by atoms with E-state index in [4.69, 9.17) is 5.73 Å². The summed E-state index contributed by atoms with van der Waals surface area (Å²) < 4.78 is 0. The van der Waals surface area contributed by atoms with Gasteiger partial charge in [0.15, 0.2) is 0 Å². The Morgan fingerprint density at radius 2 is 1.90 bits per heavy atom. The molecule has 2 heterocycles. The standard InChI is InChI=1S/C16H21N3O/c1-10-11(2)18-15-12(16(17)20)6-7-13(14(10)15)19-8-4-3-5-9-19/h6-7,18H,3-5,8-9H2,1-2H3,(H2,17,20). The second-order valence-corrected chi connectivity index (χ2v) is 5.67. The van der Waals surface area contributed by atoms with Crippen molar-refractivity contribution in [1.29, 1.82) is 0 Å². The zero-order chi connectivity index (χ0) is 14.3. The number of carbonyl (C=O) groups excluding carboxylic acids is 1. The van der Waals surface area contributed by atoms with E-state index in [0.29, 0.717) is 5.56 Å². The summed E-state index contributed by atoms with van der Waals surface area (Å²) >= 11 is 0. The van der Waals surface area contributed by atoms with Crippen LogP contribution in [0.15, 0.2) is 12.1 Å². The number of benzene rings is 1. The van der Waals surface area contributed by atoms with Crippen molar-refractivity contribution in [3.8, 4) is 0 Å². The van der Waals surface area contributed by atoms with Crippen LogP contribution in [0.4, 0.5) is 5.69 Å². The van der Waals surface area contributed by atoms with Crippen LogP contribution < -0.4 is 10.6 Å². The normalized spacial score (nSPS) is 15.8. The van der Waals surface area contributed by atoms with Gasteiger partial charge in [0.2, 0.25) is 0 Å². The summed E-state index contributed by atoms with van der Waals surface area (Å²) in [6, 6.07) is 3.90. The number of nitrogens with one attached hydrogen (secondary N) is 1. The third kappa shape index (κ3) is 1.96. The highest BCUT2D eigenvalue weighted by Crippen LogP contribution is 2.34. The lowest BCUT2D eigenvalue weighted by Gasteiger charge is -2.30. The summed E-state index contributed by atoms with van der Waals surface area (Å²) in [5.41, 5.74) is 10.5. The average Bonchev–Trinajstić information content (AvgIpc) is 2.75. The van der Waals surface area contributed by atoms with E-state index in [1.165, 1.54) is 30.5 Å². The fourth-order valence-electron chi connectivity index (χ4n) is 3.17. The molecule has 0 unspecified atom stereocenters. The number of piperidine rings is 1. The van der Waals surface area contributed by atoms with E-state index in [1.54, 1.807) is 0 Å². The van der Waals surface area contributed by atoms with Crippen molar-refractivity contribution in [2.24, 2.45) is 5.73 Å². The molecule has 3 rings (SSSR count). The van der Waals surface area contributed by atoms with E-state index in [-0.39, 0.29) is 5.91 Å². The van der Waals surface area contributed by atoms with Crippen molar-refractivity contribution in [3.05, 3.63) is 29.0 Å². The van der Waals surface area contributed by atoms with Crippen LogP contribution in [0.25, 0.3) is 10.9 Å². The molecule has 1 aliphatic heterocycles. The Labute approximate surface area is 118 Å². The molecule has 0 saturated carbocycles. The lowest BCUT2D eigenvalue weighted by Crippen LogP contribution is -2.29. The Kier molecular flexibility index (Phi) is 3.16. The molecular formula is C16H21N3O. The molecule has 2 aromatic rings. The predicted octanol–water partition coefficient (Wildman–Crippen LogP) is 2.87. The number of H-pyrrole nitrogens is 1. The van der Waals surface area contributed by atoms with Gasteiger partial charge in [-0.1, -0.05) is 0 Å². The van der Waals surface area contributed by atoms with E-state index < -0.39 is 0 Å². The first-order chi connectivity index (χ1) is 9.59. The number of aryl methyl sites for hydroxylation is 2. The smallest absolute Gasteiger partial charge is 0.250 e. The number of nitrogens with zero attached hydrogens (tertiary/aromatic N) is 1. The van der Waals surface area contributed by atoms with Gasteiger partial charge >= 0.3 is 0 Å². The van der Waals surface area contributed by atoms with Gasteiger partial charge in [0.05, 0.1) is 11.1 Å². The molecule has 0 bridgehead atoms. The lowest BCUT2D eigenvalue weighted by molar-refractivity contribution is 0.100. The van der Waals surface area contributed by atoms with E-state index in [2.05, 4.69) is 16.8 Å². The maximum Gasteiger partial charge on any atom is 0.250 e. The zero-order valence-corrected chi connectivity index (χ0v) is 12.1. The monoisotopic (exact) mass is 271 g/mol. The van der Waals surface area contributed by atoms with Crippen LogP contribution >= 0.6 is 0 Å². The molecule has 1 aromatic heterocycles. The van der Waals surface area contributed by atoms with Crippen molar-refractivity contribution < 1.29 is 4.79 Å². The van der Waals surface area contributed by atoms with Crippen molar-refractivity contribution in [1.82, 2.24) is 4.98 Å². The first-order valence-corrected chi connectivity index (χ1v) is 7.26. The number of rotatable bonds is 2. The minimum absolute atomic E-state index is 0.374. The minimum Gasteiger partial charge on any atom is -0.371 e. The highest BCUT2D eigenvalue weighted by Gasteiger charge is 2.20. The Morgan fingerprint density at radius 1 is 1.20 bits per heavy atom. The zero-order valence-electron chi connectivity index (χ0n) is 12.1. The molecule has 1 amide bonds. The molecule has 4 heteroatoms. The van der Waals surface area contributed by atoms with Gasteiger partial charge in [-0.3, -0.25) is 4.79 Å². The molecule has 1 saturated heterocycles. The largest absolute Gasteiger partial charge is 0.371 e. The van der Waals surface area contributed by atoms with Crippen LogP contribution in [0.5, 0.6) is 0 Å². The van der Waals surface area contributed by atoms with Crippen LogP contribution in [0, 0.1) is 13.8 Å². The van der Waals surface area contributed by atoms with Crippen molar-refractivity contribution in [3.63, 3.8) is 0 Å². The molecule has 3 N–H and O–H groups in total. The Balaban J connectivity index is 2.23. The number of nitrogens with two attached hydrogens (primary N) is 1. The maximum atomic E-state index is 11.6. The lowest BCUT2D eigenvalue weighted by atomic mass is 10.0. The fourth-order valence-corrected chi connectivity index (χ4v) is 3.17. The summed E-state index contributed by atoms with van der Waals surface area (Å²) in [7, 11) is 0. The summed E-state index contributed by atoms with van der Waals surface area (Å²) in [5, 5.41) is 1.15. The molecule has 0 aliphatic carbocycles. The van der Waals surface area contributed by atoms with E-state index >= 15 is 0 Å². The van der Waals surface area contributed by atoms with E-state index in [9.17, 15) is 4.79 Å². The molecule has 4 nitrogen and oxygen atoms in total. The van der Waals surface area contributed by atoms with Gasteiger partial charge in [-0.25, -0.2) is 0 Å². The van der Waals surface area contributed by atoms with Crippen LogP contribution in [-0.2, 0) is 0 Å². The maximum absolute atomic E-state index is 11.6. The molecule has 0 spiro atoms.